The van der Waals surface area contributed by atoms with Crippen LogP contribution < -0.4 is 4.72 Å². The van der Waals surface area contributed by atoms with Gasteiger partial charge in [-0.3, -0.25) is 4.55 Å². The fourth-order valence-corrected chi connectivity index (χ4v) is 3.75. The van der Waals surface area contributed by atoms with E-state index in [1.54, 1.807) is 0 Å². The molecule has 0 aromatic carbocycles. The van der Waals surface area contributed by atoms with E-state index in [4.69, 9.17) is 4.55 Å². The van der Waals surface area contributed by atoms with Crippen LogP contribution in [0.5, 0.6) is 0 Å². The van der Waals surface area contributed by atoms with Crippen LogP contribution in [0.2, 0.25) is 0 Å². The SMILES string of the molecule is CN(CCCNS(=O)(=O)C(F)(F)C(F)(F)C(F)(F)C(F)(F)C(F)(F)C(F)(F)F)CCCS(=O)(=O)O. The van der Waals surface area contributed by atoms with Gasteiger partial charge in [0.15, 0.2) is 0 Å². The molecule has 0 aliphatic rings. The van der Waals surface area contributed by atoms with Crippen LogP contribution in [0.1, 0.15) is 12.8 Å². The molecular weight excluding hydrogens is 575 g/mol. The number of rotatable bonds is 14. The van der Waals surface area contributed by atoms with Crippen molar-refractivity contribution < 1.29 is 78.5 Å². The molecule has 0 radical (unpaired) electrons. The summed E-state index contributed by atoms with van der Waals surface area (Å²) >= 11 is 0. The van der Waals surface area contributed by atoms with Gasteiger partial charge in [-0.15, -0.1) is 0 Å². The lowest BCUT2D eigenvalue weighted by molar-refractivity contribution is -0.433. The van der Waals surface area contributed by atoms with E-state index >= 15 is 0 Å². The fraction of sp³-hybridized carbons (Fsp3) is 1.00. The van der Waals surface area contributed by atoms with Crippen LogP contribution in [0.25, 0.3) is 0 Å². The van der Waals surface area contributed by atoms with E-state index in [1.807, 2.05) is 0 Å². The maximum Gasteiger partial charge on any atom is 0.460 e. The summed E-state index contributed by atoms with van der Waals surface area (Å²) in [6.45, 7) is -1.67. The summed E-state index contributed by atoms with van der Waals surface area (Å²) in [5.74, 6) is -33.1. The number of nitrogens with one attached hydrogen (secondary N) is 1. The summed E-state index contributed by atoms with van der Waals surface area (Å²) in [4.78, 5) is 1.19. The van der Waals surface area contributed by atoms with E-state index in [0.717, 1.165) is 0 Å². The van der Waals surface area contributed by atoms with Gasteiger partial charge >= 0.3 is 35.1 Å². The molecule has 0 bridgehead atoms. The molecule has 0 aliphatic carbocycles. The Bertz CT molecular complexity index is 936. The van der Waals surface area contributed by atoms with Gasteiger partial charge in [0.1, 0.15) is 0 Å². The van der Waals surface area contributed by atoms with Gasteiger partial charge < -0.3 is 4.90 Å². The van der Waals surface area contributed by atoms with Gasteiger partial charge in [0.05, 0.1) is 5.75 Å². The molecule has 0 heterocycles. The Kier molecular flexibility index (Phi) is 9.99. The van der Waals surface area contributed by atoms with Crippen LogP contribution in [0.4, 0.5) is 57.1 Å². The van der Waals surface area contributed by atoms with Crippen molar-refractivity contribution in [1.29, 1.82) is 0 Å². The molecule has 0 atom stereocenters. The molecule has 0 saturated heterocycles. The van der Waals surface area contributed by atoms with E-state index in [2.05, 4.69) is 0 Å². The van der Waals surface area contributed by atoms with Gasteiger partial charge in [0.2, 0.25) is 0 Å². The number of hydrogen-bond donors (Lipinski definition) is 2. The zero-order valence-electron chi connectivity index (χ0n) is 17.0. The minimum Gasteiger partial charge on any atom is -0.306 e. The maximum absolute atomic E-state index is 13.7. The van der Waals surface area contributed by atoms with Gasteiger partial charge in [-0.05, 0) is 33.0 Å². The maximum atomic E-state index is 13.7. The van der Waals surface area contributed by atoms with Gasteiger partial charge in [-0.2, -0.15) is 65.5 Å². The fourth-order valence-electron chi connectivity index (χ4n) is 2.20. The van der Waals surface area contributed by atoms with Crippen molar-refractivity contribution in [1.82, 2.24) is 9.62 Å². The Morgan fingerprint density at radius 1 is 0.686 bits per heavy atom. The Morgan fingerprint density at radius 3 is 1.49 bits per heavy atom. The molecule has 0 rings (SSSR count). The van der Waals surface area contributed by atoms with Crippen molar-refractivity contribution in [3.63, 3.8) is 0 Å². The second-order valence-electron chi connectivity index (χ2n) is 7.01. The molecule has 2 N–H and O–H groups in total. The predicted octanol–water partition coefficient (Wildman–Crippen LogP) is 3.20. The summed E-state index contributed by atoms with van der Waals surface area (Å²) in [5, 5.41) is -7.31. The second-order valence-corrected chi connectivity index (χ2v) is 10.4. The first kappa shape index (κ1) is 33.9. The van der Waals surface area contributed by atoms with Crippen LogP contribution in [0.3, 0.4) is 0 Å². The molecule has 0 fully saturated rings. The topological polar surface area (TPSA) is 104 Å². The van der Waals surface area contributed by atoms with E-state index in [1.165, 1.54) is 11.9 Å². The Hall–Kier alpha value is -1.13. The first-order valence-corrected chi connectivity index (χ1v) is 11.8. The first-order chi connectivity index (χ1) is 15.1. The summed E-state index contributed by atoms with van der Waals surface area (Å²) in [6, 6.07) is 0. The summed E-state index contributed by atoms with van der Waals surface area (Å²) in [7, 11) is -10.2. The third kappa shape index (κ3) is 6.80. The lowest BCUT2D eigenvalue weighted by Crippen LogP contribution is -2.71. The third-order valence-electron chi connectivity index (χ3n) is 4.19. The molecule has 0 aliphatic heterocycles. The van der Waals surface area contributed by atoms with Crippen LogP contribution in [0.15, 0.2) is 0 Å². The molecule has 0 aromatic rings. The van der Waals surface area contributed by atoms with E-state index in [0.29, 0.717) is 4.72 Å². The normalized spacial score (nSPS) is 15.7. The average Bonchev–Trinajstić information content (AvgIpc) is 2.62. The van der Waals surface area contributed by atoms with Crippen molar-refractivity contribution in [3.8, 4) is 0 Å². The second kappa shape index (κ2) is 10.3. The monoisotopic (exact) mass is 592 g/mol. The molecule has 0 saturated carbocycles. The van der Waals surface area contributed by atoms with Crippen molar-refractivity contribution in [3.05, 3.63) is 0 Å². The molecular formula is C13H17F13N2O5S2. The van der Waals surface area contributed by atoms with E-state index < -0.39 is 74.0 Å². The largest absolute Gasteiger partial charge is 0.460 e. The molecule has 0 unspecified atom stereocenters. The number of hydrogen-bond acceptors (Lipinski definition) is 5. The Labute approximate surface area is 189 Å². The highest BCUT2D eigenvalue weighted by atomic mass is 32.2. The number of nitrogens with zero attached hydrogens (tertiary/aromatic N) is 1. The molecule has 0 aromatic heterocycles. The quantitative estimate of drug-likeness (QED) is 0.183. The summed E-state index contributed by atoms with van der Waals surface area (Å²) < 4.78 is 222. The number of alkyl halides is 13. The lowest BCUT2D eigenvalue weighted by Gasteiger charge is -2.39. The van der Waals surface area contributed by atoms with Crippen LogP contribution in [-0.4, -0.2) is 93.8 Å². The smallest absolute Gasteiger partial charge is 0.306 e. The predicted molar refractivity (Wildman–Crippen MR) is 90.9 cm³/mol. The van der Waals surface area contributed by atoms with Crippen molar-refractivity contribution >= 4 is 20.1 Å². The summed E-state index contributed by atoms with van der Waals surface area (Å²) in [5.41, 5.74) is 0. The lowest BCUT2D eigenvalue weighted by atomic mass is 9.98. The minimum absolute atomic E-state index is 0.102. The average molecular weight is 592 g/mol. The Balaban J connectivity index is 5.56. The molecule has 35 heavy (non-hydrogen) atoms. The van der Waals surface area contributed by atoms with Crippen molar-refractivity contribution in [2.75, 3.05) is 32.4 Å². The van der Waals surface area contributed by atoms with Gasteiger partial charge in [-0.1, -0.05) is 0 Å². The van der Waals surface area contributed by atoms with E-state index in [-0.39, 0.29) is 19.5 Å². The van der Waals surface area contributed by atoms with Crippen LogP contribution >= 0.6 is 0 Å². The zero-order valence-corrected chi connectivity index (χ0v) is 18.6. The van der Waals surface area contributed by atoms with Gasteiger partial charge in [0.25, 0.3) is 20.1 Å². The highest BCUT2D eigenvalue weighted by Crippen LogP contribution is 2.60. The number of sulfonamides is 1. The first-order valence-electron chi connectivity index (χ1n) is 8.69. The van der Waals surface area contributed by atoms with E-state index in [9.17, 15) is 73.9 Å². The van der Waals surface area contributed by atoms with Crippen LogP contribution in [-0.2, 0) is 20.1 Å². The van der Waals surface area contributed by atoms with Gasteiger partial charge in [0, 0.05) is 6.54 Å². The zero-order chi connectivity index (χ0) is 28.5. The summed E-state index contributed by atoms with van der Waals surface area (Å²) in [6.07, 6.45) is -8.38. The minimum atomic E-state index is -8.23. The van der Waals surface area contributed by atoms with Crippen LogP contribution in [0, 0.1) is 0 Å². The molecule has 0 spiro atoms. The molecule has 22 heteroatoms. The Morgan fingerprint density at radius 2 is 1.09 bits per heavy atom. The highest BCUT2D eigenvalue weighted by Gasteiger charge is 2.92. The third-order valence-corrected chi connectivity index (χ3v) is 6.51. The number of halogens is 13. The van der Waals surface area contributed by atoms with Crippen molar-refractivity contribution in [2.45, 2.75) is 48.0 Å². The molecule has 7 nitrogen and oxygen atoms in total. The van der Waals surface area contributed by atoms with Gasteiger partial charge in [-0.25, -0.2) is 13.1 Å². The highest BCUT2D eigenvalue weighted by molar-refractivity contribution is 7.90. The standard InChI is InChI=1S/C13H17F13N2O5S2/c1-28(6-3-7-34(29,30)31)5-2-4-27-35(32,33)13(25,26)11(20,21)9(16,17)8(14,15)10(18,19)12(22,23)24/h27H,2-7H2,1H3,(H,29,30,31). The molecule has 0 amide bonds. The molecule has 212 valence electrons. The van der Waals surface area contributed by atoms with Crippen molar-refractivity contribution in [2.24, 2.45) is 0 Å².